The molecule has 0 saturated heterocycles. The van der Waals surface area contributed by atoms with E-state index < -0.39 is 6.04 Å². The van der Waals surface area contributed by atoms with Crippen LogP contribution in [0.25, 0.3) is 10.2 Å². The number of rotatable bonds is 4. The van der Waals surface area contributed by atoms with E-state index in [-0.39, 0.29) is 11.9 Å². The fourth-order valence-corrected chi connectivity index (χ4v) is 3.99. The third-order valence-electron chi connectivity index (χ3n) is 4.32. The number of benzene rings is 2. The number of ether oxygens (including phenoxy) is 1. The third kappa shape index (κ3) is 3.78. The second-order valence-electron chi connectivity index (χ2n) is 6.21. The van der Waals surface area contributed by atoms with Gasteiger partial charge in [0, 0.05) is 11.3 Å². The first-order valence-electron chi connectivity index (χ1n) is 8.58. The lowest BCUT2D eigenvalue weighted by Crippen LogP contribution is -2.28. The number of esters is 1. The van der Waals surface area contributed by atoms with E-state index in [1.54, 1.807) is 22.8 Å². The van der Waals surface area contributed by atoms with E-state index in [2.05, 4.69) is 4.99 Å². The van der Waals surface area contributed by atoms with Crippen LogP contribution in [0.2, 0.25) is 0 Å². The standard InChI is InChI=1S/C20H21N3O3S/c1-4-15(19(25)26-3)23-16-10-9-14(21)11-17(16)27-20(23)22-18(24)13-7-5-12(2)6-8-13/h5-11,15H,4,21H2,1-3H3/b22-20-. The summed E-state index contributed by atoms with van der Waals surface area (Å²) < 4.78 is 7.57. The average molecular weight is 383 g/mol. The van der Waals surface area contributed by atoms with Crippen LogP contribution in [-0.2, 0) is 9.53 Å². The lowest BCUT2D eigenvalue weighted by atomic mass is 10.1. The van der Waals surface area contributed by atoms with Crippen molar-refractivity contribution in [1.82, 2.24) is 4.57 Å². The number of thiazole rings is 1. The number of aromatic nitrogens is 1. The van der Waals surface area contributed by atoms with Crippen LogP contribution < -0.4 is 10.5 Å². The molecule has 3 aromatic rings. The Morgan fingerprint density at radius 2 is 1.93 bits per heavy atom. The molecule has 0 aliphatic rings. The number of nitrogens with zero attached hydrogens (tertiary/aromatic N) is 2. The fraction of sp³-hybridized carbons (Fsp3) is 0.250. The van der Waals surface area contributed by atoms with E-state index in [0.717, 1.165) is 15.8 Å². The van der Waals surface area contributed by atoms with Gasteiger partial charge in [-0.05, 0) is 43.7 Å². The van der Waals surface area contributed by atoms with Crippen LogP contribution in [0.15, 0.2) is 47.5 Å². The molecule has 1 atom stereocenters. The van der Waals surface area contributed by atoms with Crippen molar-refractivity contribution in [3.8, 4) is 0 Å². The summed E-state index contributed by atoms with van der Waals surface area (Å²) in [5.41, 5.74) is 8.86. The number of aryl methyl sites for hydroxylation is 1. The average Bonchev–Trinajstić information content (AvgIpc) is 2.99. The van der Waals surface area contributed by atoms with Crippen molar-refractivity contribution in [2.24, 2.45) is 4.99 Å². The zero-order valence-electron chi connectivity index (χ0n) is 15.4. The minimum Gasteiger partial charge on any atom is -0.467 e. The molecule has 7 heteroatoms. The summed E-state index contributed by atoms with van der Waals surface area (Å²) in [6, 6.07) is 12.1. The largest absolute Gasteiger partial charge is 0.467 e. The highest BCUT2D eigenvalue weighted by molar-refractivity contribution is 7.16. The zero-order valence-corrected chi connectivity index (χ0v) is 16.2. The first-order chi connectivity index (χ1) is 12.9. The van der Waals surface area contributed by atoms with E-state index >= 15 is 0 Å². The highest BCUT2D eigenvalue weighted by atomic mass is 32.1. The third-order valence-corrected chi connectivity index (χ3v) is 5.34. The van der Waals surface area contributed by atoms with Crippen molar-refractivity contribution in [1.29, 1.82) is 0 Å². The van der Waals surface area contributed by atoms with Gasteiger partial charge in [-0.2, -0.15) is 4.99 Å². The first-order valence-corrected chi connectivity index (χ1v) is 9.40. The molecule has 27 heavy (non-hydrogen) atoms. The van der Waals surface area contributed by atoms with Crippen LogP contribution in [0.3, 0.4) is 0 Å². The van der Waals surface area contributed by atoms with E-state index in [0.29, 0.717) is 22.5 Å². The van der Waals surface area contributed by atoms with Gasteiger partial charge in [-0.3, -0.25) is 4.79 Å². The van der Waals surface area contributed by atoms with Gasteiger partial charge in [0.05, 0.1) is 17.3 Å². The Hall–Kier alpha value is -2.93. The van der Waals surface area contributed by atoms with Crippen LogP contribution in [0.1, 0.15) is 35.3 Å². The van der Waals surface area contributed by atoms with Crippen molar-refractivity contribution in [2.75, 3.05) is 12.8 Å². The molecular weight excluding hydrogens is 362 g/mol. The fourth-order valence-electron chi connectivity index (χ4n) is 2.88. The van der Waals surface area contributed by atoms with Crippen LogP contribution in [0, 0.1) is 6.92 Å². The number of nitrogen functional groups attached to an aromatic ring is 1. The number of anilines is 1. The first kappa shape index (κ1) is 18.8. The summed E-state index contributed by atoms with van der Waals surface area (Å²) in [5.74, 6) is -0.735. The predicted octanol–water partition coefficient (Wildman–Crippen LogP) is 3.46. The van der Waals surface area contributed by atoms with E-state index in [1.165, 1.54) is 18.4 Å². The van der Waals surface area contributed by atoms with Gasteiger partial charge in [-0.15, -0.1) is 0 Å². The second kappa shape index (κ2) is 7.75. The maximum atomic E-state index is 12.7. The highest BCUT2D eigenvalue weighted by Gasteiger charge is 2.23. The van der Waals surface area contributed by atoms with Gasteiger partial charge in [-0.25, -0.2) is 4.79 Å². The summed E-state index contributed by atoms with van der Waals surface area (Å²) in [7, 11) is 1.35. The number of fused-ring (bicyclic) bond motifs is 1. The van der Waals surface area contributed by atoms with Crippen LogP contribution in [0.5, 0.6) is 0 Å². The van der Waals surface area contributed by atoms with Crippen LogP contribution >= 0.6 is 11.3 Å². The van der Waals surface area contributed by atoms with Crippen molar-refractivity contribution < 1.29 is 14.3 Å². The topological polar surface area (TPSA) is 86.7 Å². The maximum Gasteiger partial charge on any atom is 0.328 e. The van der Waals surface area contributed by atoms with Gasteiger partial charge >= 0.3 is 5.97 Å². The lowest BCUT2D eigenvalue weighted by Gasteiger charge is -2.15. The van der Waals surface area contributed by atoms with Crippen molar-refractivity contribution in [2.45, 2.75) is 26.3 Å². The Morgan fingerprint density at radius 3 is 2.56 bits per heavy atom. The molecular formula is C20H21N3O3S. The normalized spacial score (nSPS) is 12.9. The highest BCUT2D eigenvalue weighted by Crippen LogP contribution is 2.25. The Balaban J connectivity index is 2.21. The quantitative estimate of drug-likeness (QED) is 0.552. The van der Waals surface area contributed by atoms with Crippen LogP contribution in [-0.4, -0.2) is 23.6 Å². The molecule has 1 aromatic heterocycles. The summed E-state index contributed by atoms with van der Waals surface area (Å²) in [5, 5.41) is 0. The number of carbonyl (C=O) groups excluding carboxylic acids is 2. The molecule has 0 aliphatic heterocycles. The van der Waals surface area contributed by atoms with Crippen molar-refractivity contribution in [3.63, 3.8) is 0 Å². The number of methoxy groups -OCH3 is 1. The molecule has 2 N–H and O–H groups in total. The molecule has 0 bridgehead atoms. The van der Waals surface area contributed by atoms with Crippen molar-refractivity contribution >= 4 is 39.1 Å². The Bertz CT molecular complexity index is 1060. The molecule has 140 valence electrons. The maximum absolute atomic E-state index is 12.7. The summed E-state index contributed by atoms with van der Waals surface area (Å²) in [4.78, 5) is 29.7. The number of amides is 1. The van der Waals surface area contributed by atoms with E-state index in [9.17, 15) is 9.59 Å². The van der Waals surface area contributed by atoms with Gasteiger partial charge in [-0.1, -0.05) is 36.0 Å². The van der Waals surface area contributed by atoms with Gasteiger partial charge in [0.2, 0.25) is 0 Å². The SMILES string of the molecule is CCC(C(=O)OC)n1/c(=N/C(=O)c2ccc(C)cc2)sc2cc(N)ccc21. The lowest BCUT2D eigenvalue weighted by molar-refractivity contribution is -0.144. The Morgan fingerprint density at radius 1 is 1.22 bits per heavy atom. The zero-order chi connectivity index (χ0) is 19.6. The van der Waals surface area contributed by atoms with Gasteiger partial charge < -0.3 is 15.0 Å². The number of hydrogen-bond donors (Lipinski definition) is 1. The molecule has 0 radical (unpaired) electrons. The molecule has 1 heterocycles. The summed E-state index contributed by atoms with van der Waals surface area (Å²) >= 11 is 1.32. The van der Waals surface area contributed by atoms with Crippen molar-refractivity contribution in [3.05, 3.63) is 58.4 Å². The molecule has 1 unspecified atom stereocenters. The number of hydrogen-bond acceptors (Lipinski definition) is 5. The van der Waals surface area contributed by atoms with E-state index in [1.807, 2.05) is 38.1 Å². The molecule has 0 spiro atoms. The summed E-state index contributed by atoms with van der Waals surface area (Å²) in [6.07, 6.45) is 0.509. The number of carbonyl (C=O) groups is 2. The minimum absolute atomic E-state index is 0.358. The molecule has 0 fully saturated rings. The van der Waals surface area contributed by atoms with Gasteiger partial charge in [0.15, 0.2) is 4.80 Å². The van der Waals surface area contributed by atoms with E-state index in [4.69, 9.17) is 10.5 Å². The Labute approximate surface area is 160 Å². The summed E-state index contributed by atoms with van der Waals surface area (Å²) in [6.45, 7) is 3.85. The molecule has 2 aromatic carbocycles. The Kier molecular flexibility index (Phi) is 5.41. The molecule has 0 saturated carbocycles. The van der Waals surface area contributed by atoms with Gasteiger partial charge in [0.1, 0.15) is 6.04 Å². The second-order valence-corrected chi connectivity index (χ2v) is 7.22. The van der Waals surface area contributed by atoms with Crippen LogP contribution in [0.4, 0.5) is 5.69 Å². The monoisotopic (exact) mass is 383 g/mol. The molecule has 3 rings (SSSR count). The predicted molar refractivity (Wildman–Crippen MR) is 107 cm³/mol. The number of nitrogens with two attached hydrogens (primary N) is 1. The van der Waals surface area contributed by atoms with Gasteiger partial charge in [0.25, 0.3) is 5.91 Å². The smallest absolute Gasteiger partial charge is 0.328 e. The molecule has 0 aliphatic carbocycles. The molecule has 6 nitrogen and oxygen atoms in total. The molecule has 1 amide bonds. The minimum atomic E-state index is -0.572.